The van der Waals surface area contributed by atoms with Gasteiger partial charge in [0.25, 0.3) is 0 Å². The molecule has 0 unspecified atom stereocenters. The molecule has 0 aromatic carbocycles. The van der Waals surface area contributed by atoms with Gasteiger partial charge in [-0.2, -0.15) is 0 Å². The Morgan fingerprint density at radius 1 is 1.15 bits per heavy atom. The van der Waals surface area contributed by atoms with Crippen molar-refractivity contribution in [2.45, 2.75) is 47.0 Å². The molecule has 0 aliphatic heterocycles. The van der Waals surface area contributed by atoms with Crippen LogP contribution in [0.1, 0.15) is 46.0 Å². The molecule has 0 aliphatic carbocycles. The molecule has 0 radical (unpaired) electrons. The minimum absolute atomic E-state index is 0.100. The van der Waals surface area contributed by atoms with Gasteiger partial charge in [-0.15, -0.1) is 0 Å². The van der Waals surface area contributed by atoms with Crippen LogP contribution in [0.5, 0.6) is 0 Å². The molecule has 5 nitrogen and oxygen atoms in total. The van der Waals surface area contributed by atoms with Gasteiger partial charge >= 0.3 is 0 Å². The summed E-state index contributed by atoms with van der Waals surface area (Å²) in [5.74, 6) is 2.20. The topological polar surface area (TPSA) is 67.1 Å². The quantitative estimate of drug-likeness (QED) is 0.837. The molecule has 5 heteroatoms. The van der Waals surface area contributed by atoms with Gasteiger partial charge in [0.15, 0.2) is 0 Å². The number of aromatic nitrogens is 2. The second-order valence-corrected chi connectivity index (χ2v) is 6.11. The molecule has 0 saturated carbocycles. The zero-order chi connectivity index (χ0) is 15.3. The first-order chi connectivity index (χ1) is 9.29. The van der Waals surface area contributed by atoms with E-state index in [-0.39, 0.29) is 5.41 Å². The number of hydrogen-bond acceptors (Lipinski definition) is 5. The summed E-state index contributed by atoms with van der Waals surface area (Å²) < 4.78 is 0. The van der Waals surface area contributed by atoms with E-state index in [1.165, 1.54) is 0 Å². The summed E-state index contributed by atoms with van der Waals surface area (Å²) in [5.41, 5.74) is 6.83. The fourth-order valence-corrected chi connectivity index (χ4v) is 1.91. The SMILES string of the molecule is CCN(CC)CCNc1nc(C(C)(C)C)nc(N)c1C. The molecule has 114 valence electrons. The van der Waals surface area contributed by atoms with E-state index in [9.17, 15) is 0 Å². The highest BCUT2D eigenvalue weighted by Gasteiger charge is 2.20. The van der Waals surface area contributed by atoms with Gasteiger partial charge < -0.3 is 16.0 Å². The zero-order valence-corrected chi connectivity index (χ0v) is 13.7. The van der Waals surface area contributed by atoms with Crippen LogP contribution < -0.4 is 11.1 Å². The summed E-state index contributed by atoms with van der Waals surface area (Å²) in [6, 6.07) is 0. The van der Waals surface area contributed by atoms with Gasteiger partial charge in [0, 0.05) is 24.1 Å². The first-order valence-electron chi connectivity index (χ1n) is 7.40. The lowest BCUT2D eigenvalue weighted by molar-refractivity contribution is 0.316. The fraction of sp³-hybridized carbons (Fsp3) is 0.733. The standard InChI is InChI=1S/C15H29N5/c1-7-20(8-2)10-9-17-13-11(3)12(16)18-14(19-13)15(4,5)6/h7-10H2,1-6H3,(H3,16,17,18,19). The molecule has 1 aromatic heterocycles. The smallest absolute Gasteiger partial charge is 0.138 e. The average molecular weight is 279 g/mol. The van der Waals surface area contributed by atoms with Gasteiger partial charge in [0.05, 0.1) is 0 Å². The van der Waals surface area contributed by atoms with Crippen molar-refractivity contribution in [3.8, 4) is 0 Å². The monoisotopic (exact) mass is 279 g/mol. The molecular weight excluding hydrogens is 250 g/mol. The maximum Gasteiger partial charge on any atom is 0.138 e. The number of anilines is 2. The van der Waals surface area contributed by atoms with Crippen LogP contribution in [-0.4, -0.2) is 41.0 Å². The predicted molar refractivity (Wildman–Crippen MR) is 86.2 cm³/mol. The van der Waals surface area contributed by atoms with Crippen LogP contribution in [-0.2, 0) is 5.41 Å². The van der Waals surface area contributed by atoms with Crippen LogP contribution in [0, 0.1) is 6.92 Å². The maximum atomic E-state index is 6.00. The van der Waals surface area contributed by atoms with Crippen LogP contribution in [0.25, 0.3) is 0 Å². The fourth-order valence-electron chi connectivity index (χ4n) is 1.91. The molecule has 0 spiro atoms. The molecule has 0 fully saturated rings. The number of nitrogens with zero attached hydrogens (tertiary/aromatic N) is 3. The van der Waals surface area contributed by atoms with Crippen molar-refractivity contribution in [1.82, 2.24) is 14.9 Å². The van der Waals surface area contributed by atoms with E-state index in [0.717, 1.165) is 43.4 Å². The van der Waals surface area contributed by atoms with Crippen LogP contribution in [0.15, 0.2) is 0 Å². The third-order valence-electron chi connectivity index (χ3n) is 3.47. The highest BCUT2D eigenvalue weighted by atomic mass is 15.1. The van der Waals surface area contributed by atoms with E-state index in [0.29, 0.717) is 5.82 Å². The normalized spacial score (nSPS) is 11.9. The highest BCUT2D eigenvalue weighted by molar-refractivity contribution is 5.55. The molecule has 1 rings (SSSR count). The number of likely N-dealkylation sites (N-methyl/N-ethyl adjacent to an activating group) is 1. The minimum Gasteiger partial charge on any atom is -0.383 e. The summed E-state index contributed by atoms with van der Waals surface area (Å²) in [5, 5.41) is 3.39. The molecular formula is C15H29N5. The Bertz CT molecular complexity index is 433. The van der Waals surface area contributed by atoms with Gasteiger partial charge in [0.1, 0.15) is 17.5 Å². The lowest BCUT2D eigenvalue weighted by Crippen LogP contribution is -2.29. The lowest BCUT2D eigenvalue weighted by Gasteiger charge is -2.21. The summed E-state index contributed by atoms with van der Waals surface area (Å²) >= 11 is 0. The third kappa shape index (κ3) is 4.34. The van der Waals surface area contributed by atoms with Crippen LogP contribution >= 0.6 is 0 Å². The van der Waals surface area contributed by atoms with Gasteiger partial charge in [-0.1, -0.05) is 34.6 Å². The van der Waals surface area contributed by atoms with Crippen LogP contribution in [0.4, 0.5) is 11.6 Å². The Balaban J connectivity index is 2.81. The number of nitrogen functional groups attached to an aromatic ring is 1. The third-order valence-corrected chi connectivity index (χ3v) is 3.47. The number of hydrogen-bond donors (Lipinski definition) is 2. The molecule has 0 amide bonds. The lowest BCUT2D eigenvalue weighted by atomic mass is 9.95. The van der Waals surface area contributed by atoms with Crippen LogP contribution in [0.2, 0.25) is 0 Å². The Hall–Kier alpha value is -1.36. The van der Waals surface area contributed by atoms with Gasteiger partial charge in [-0.05, 0) is 20.0 Å². The number of nitrogens with two attached hydrogens (primary N) is 1. The first kappa shape index (κ1) is 16.7. The molecule has 3 N–H and O–H groups in total. The molecule has 0 aliphatic rings. The minimum atomic E-state index is -0.100. The highest BCUT2D eigenvalue weighted by Crippen LogP contribution is 2.24. The van der Waals surface area contributed by atoms with Gasteiger partial charge in [-0.3, -0.25) is 0 Å². The largest absolute Gasteiger partial charge is 0.383 e. The number of nitrogens with one attached hydrogen (secondary N) is 1. The van der Waals surface area contributed by atoms with E-state index < -0.39 is 0 Å². The van der Waals surface area contributed by atoms with Crippen molar-refractivity contribution < 1.29 is 0 Å². The Morgan fingerprint density at radius 2 is 1.75 bits per heavy atom. The summed E-state index contributed by atoms with van der Waals surface area (Å²) in [4.78, 5) is 11.4. The van der Waals surface area contributed by atoms with Crippen molar-refractivity contribution in [3.63, 3.8) is 0 Å². The Morgan fingerprint density at radius 3 is 2.25 bits per heavy atom. The van der Waals surface area contributed by atoms with Crippen molar-refractivity contribution in [2.24, 2.45) is 0 Å². The summed E-state index contributed by atoms with van der Waals surface area (Å²) in [6.45, 7) is 16.6. The van der Waals surface area contributed by atoms with Crippen molar-refractivity contribution >= 4 is 11.6 Å². The van der Waals surface area contributed by atoms with Crippen molar-refractivity contribution in [1.29, 1.82) is 0 Å². The summed E-state index contributed by atoms with van der Waals surface area (Å²) in [6.07, 6.45) is 0. The van der Waals surface area contributed by atoms with Crippen molar-refractivity contribution in [3.05, 3.63) is 11.4 Å². The van der Waals surface area contributed by atoms with Gasteiger partial charge in [0.2, 0.25) is 0 Å². The molecule has 0 bridgehead atoms. The molecule has 20 heavy (non-hydrogen) atoms. The molecule has 1 aromatic rings. The van der Waals surface area contributed by atoms with E-state index in [1.807, 2.05) is 6.92 Å². The summed E-state index contributed by atoms with van der Waals surface area (Å²) in [7, 11) is 0. The molecule has 1 heterocycles. The van der Waals surface area contributed by atoms with E-state index in [2.05, 4.69) is 54.8 Å². The second kappa shape index (κ2) is 6.88. The Labute approximate surface area is 123 Å². The zero-order valence-electron chi connectivity index (χ0n) is 13.7. The number of rotatable bonds is 6. The maximum absolute atomic E-state index is 6.00. The van der Waals surface area contributed by atoms with Gasteiger partial charge in [-0.25, -0.2) is 9.97 Å². The van der Waals surface area contributed by atoms with E-state index in [1.54, 1.807) is 0 Å². The van der Waals surface area contributed by atoms with E-state index >= 15 is 0 Å². The average Bonchev–Trinajstić information content (AvgIpc) is 2.38. The van der Waals surface area contributed by atoms with E-state index in [4.69, 9.17) is 5.73 Å². The Kier molecular flexibility index (Phi) is 5.74. The molecule has 0 atom stereocenters. The molecule has 0 saturated heterocycles. The predicted octanol–water partition coefficient (Wildman–Crippen LogP) is 2.42. The van der Waals surface area contributed by atoms with Crippen LogP contribution in [0.3, 0.4) is 0 Å². The first-order valence-corrected chi connectivity index (χ1v) is 7.40. The van der Waals surface area contributed by atoms with Crippen molar-refractivity contribution in [2.75, 3.05) is 37.2 Å². The second-order valence-electron chi connectivity index (χ2n) is 6.11.